The molecule has 1 unspecified atom stereocenters. The quantitative estimate of drug-likeness (QED) is 0.554. The molecule has 0 radical (unpaired) electrons. The van der Waals surface area contributed by atoms with Crippen LogP contribution in [0.1, 0.15) is 52.4 Å². The van der Waals surface area contributed by atoms with Crippen LogP contribution in [0.4, 0.5) is 13.2 Å². The smallest absolute Gasteiger partial charge is 0.351 e. The highest BCUT2D eigenvalue weighted by Gasteiger charge is 2.48. The number of halogens is 4. The fourth-order valence-electron chi connectivity index (χ4n) is 4.29. The molecule has 6 nitrogen and oxygen atoms in total. The highest BCUT2D eigenvalue weighted by molar-refractivity contribution is 6.13. The first-order valence-corrected chi connectivity index (χ1v) is 11.1. The number of hydrogen-bond acceptors (Lipinski definition) is 4. The van der Waals surface area contributed by atoms with Crippen LogP contribution in [0.15, 0.2) is 30.3 Å². The van der Waals surface area contributed by atoms with Gasteiger partial charge in [-0.3, -0.25) is 14.4 Å². The largest absolute Gasteiger partial charge is 0.450 e. The van der Waals surface area contributed by atoms with Crippen LogP contribution in [0.3, 0.4) is 0 Å². The lowest BCUT2D eigenvalue weighted by Crippen LogP contribution is -2.38. The van der Waals surface area contributed by atoms with Crippen LogP contribution < -0.4 is 5.32 Å². The maximum Gasteiger partial charge on any atom is 0.450 e. The topological polar surface area (TPSA) is 71.4 Å². The number of alkyl halides is 3. The zero-order chi connectivity index (χ0) is 24.3. The molecule has 3 rings (SSSR count). The van der Waals surface area contributed by atoms with Crippen LogP contribution in [0, 0.1) is 12.8 Å². The van der Waals surface area contributed by atoms with E-state index in [-0.39, 0.29) is 36.7 Å². The van der Waals surface area contributed by atoms with Crippen LogP contribution >= 0.6 is 12.4 Å². The molecule has 1 aliphatic rings. The average molecular weight is 500 g/mol. The molecule has 1 aromatic carbocycles. The predicted molar refractivity (Wildman–Crippen MR) is 125 cm³/mol. The van der Waals surface area contributed by atoms with Gasteiger partial charge in [0.1, 0.15) is 0 Å². The van der Waals surface area contributed by atoms with E-state index in [4.69, 9.17) is 0 Å². The van der Waals surface area contributed by atoms with Crippen molar-refractivity contribution in [1.82, 2.24) is 14.8 Å². The van der Waals surface area contributed by atoms with Crippen molar-refractivity contribution in [3.63, 3.8) is 0 Å². The third-order valence-corrected chi connectivity index (χ3v) is 6.13. The molecule has 1 aromatic heterocycles. The van der Waals surface area contributed by atoms with E-state index in [0.29, 0.717) is 29.2 Å². The number of rotatable bonds is 8. The van der Waals surface area contributed by atoms with Crippen molar-refractivity contribution in [1.29, 1.82) is 0 Å². The lowest BCUT2D eigenvalue weighted by molar-refractivity contribution is -0.174. The first-order chi connectivity index (χ1) is 15.6. The Labute approximate surface area is 202 Å². The van der Waals surface area contributed by atoms with Crippen molar-refractivity contribution >= 4 is 29.9 Å². The van der Waals surface area contributed by atoms with E-state index in [1.54, 1.807) is 35.8 Å². The minimum absolute atomic E-state index is 0. The van der Waals surface area contributed by atoms with Gasteiger partial charge in [-0.25, -0.2) is 0 Å². The van der Waals surface area contributed by atoms with Crippen molar-refractivity contribution in [2.45, 2.75) is 39.8 Å². The van der Waals surface area contributed by atoms with E-state index in [1.807, 2.05) is 0 Å². The summed E-state index contributed by atoms with van der Waals surface area (Å²) in [5.74, 6) is -4.65. The Hall–Kier alpha value is -2.65. The van der Waals surface area contributed by atoms with Gasteiger partial charge in [0.15, 0.2) is 5.78 Å². The van der Waals surface area contributed by atoms with E-state index >= 15 is 0 Å². The number of fused-ring (bicyclic) bond motifs is 1. The summed E-state index contributed by atoms with van der Waals surface area (Å²) < 4.78 is 40.3. The highest BCUT2D eigenvalue weighted by Crippen LogP contribution is 2.34. The second-order valence-corrected chi connectivity index (χ2v) is 8.13. The first-order valence-electron chi connectivity index (χ1n) is 11.1. The Balaban J connectivity index is 0.00000408. The third-order valence-electron chi connectivity index (χ3n) is 6.13. The molecule has 2 aromatic rings. The zero-order valence-corrected chi connectivity index (χ0v) is 20.2. The molecule has 0 saturated heterocycles. The molecule has 0 spiro atoms. The van der Waals surface area contributed by atoms with Crippen LogP contribution in [0.2, 0.25) is 0 Å². The van der Waals surface area contributed by atoms with E-state index < -0.39 is 23.7 Å². The predicted octanol–water partition coefficient (Wildman–Crippen LogP) is 4.16. The zero-order valence-electron chi connectivity index (χ0n) is 19.4. The van der Waals surface area contributed by atoms with Crippen molar-refractivity contribution in [2.24, 2.45) is 5.92 Å². The monoisotopic (exact) mass is 499 g/mol. The van der Waals surface area contributed by atoms with E-state index in [0.717, 1.165) is 19.6 Å². The summed E-state index contributed by atoms with van der Waals surface area (Å²) in [6, 6.07) is 8.36. The third kappa shape index (κ3) is 5.70. The van der Waals surface area contributed by atoms with Gasteiger partial charge in [0.25, 0.3) is 5.91 Å². The molecule has 1 atom stereocenters. The number of aromatic nitrogens is 1. The van der Waals surface area contributed by atoms with Crippen molar-refractivity contribution < 1.29 is 27.6 Å². The normalized spacial score (nSPS) is 15.6. The number of amides is 1. The Kier molecular flexibility index (Phi) is 9.08. The summed E-state index contributed by atoms with van der Waals surface area (Å²) in [6.07, 6.45) is -5.03. The van der Waals surface area contributed by atoms with Gasteiger partial charge in [0, 0.05) is 41.3 Å². The van der Waals surface area contributed by atoms with Gasteiger partial charge in [-0.1, -0.05) is 13.8 Å². The van der Waals surface area contributed by atoms with Gasteiger partial charge in [0.2, 0.25) is 5.78 Å². The molecule has 1 amide bonds. The summed E-state index contributed by atoms with van der Waals surface area (Å²) in [6.45, 7) is 9.00. The van der Waals surface area contributed by atoms with Crippen molar-refractivity contribution in [3.8, 4) is 5.69 Å². The SMILES string of the molecule is CCN(CC)CCNC(=O)c1ccc(-n2c(C)cc3c2CCC(C(=O)C(F)(F)F)C3=O)cc1.Cl. The number of ketones is 2. The van der Waals surface area contributed by atoms with Gasteiger partial charge in [0.05, 0.1) is 5.92 Å². The maximum absolute atomic E-state index is 12.8. The summed E-state index contributed by atoms with van der Waals surface area (Å²) >= 11 is 0. The van der Waals surface area contributed by atoms with Gasteiger partial charge in [-0.2, -0.15) is 13.2 Å². The maximum atomic E-state index is 12.8. The van der Waals surface area contributed by atoms with Crippen molar-refractivity contribution in [2.75, 3.05) is 26.2 Å². The summed E-state index contributed by atoms with van der Waals surface area (Å²) in [5, 5.41) is 2.89. The fourth-order valence-corrected chi connectivity index (χ4v) is 4.29. The second kappa shape index (κ2) is 11.2. The van der Waals surface area contributed by atoms with Gasteiger partial charge >= 0.3 is 6.18 Å². The Morgan fingerprint density at radius 1 is 1.15 bits per heavy atom. The Morgan fingerprint density at radius 2 is 1.76 bits per heavy atom. The minimum Gasteiger partial charge on any atom is -0.351 e. The van der Waals surface area contributed by atoms with E-state index in [9.17, 15) is 27.6 Å². The molecule has 1 aliphatic carbocycles. The molecule has 1 N–H and O–H groups in total. The number of aryl methyl sites for hydroxylation is 1. The number of nitrogens with zero attached hydrogens (tertiary/aromatic N) is 2. The number of Topliss-reactive ketones (excluding diaryl/α,β-unsaturated/α-hetero) is 2. The molecule has 186 valence electrons. The Bertz CT molecular complexity index is 1040. The minimum atomic E-state index is -5.03. The molecular weight excluding hydrogens is 471 g/mol. The molecule has 0 aliphatic heterocycles. The molecule has 10 heteroatoms. The molecule has 0 saturated carbocycles. The molecule has 34 heavy (non-hydrogen) atoms. The van der Waals surface area contributed by atoms with Crippen molar-refractivity contribution in [3.05, 3.63) is 52.8 Å². The standard InChI is InChI=1S/C24H28F3N3O3.ClH/c1-4-29(5-2)13-12-28-23(33)16-6-8-17(9-7-16)30-15(3)14-19-20(30)11-10-18(21(19)31)22(32)24(25,26)27;/h6-9,14,18H,4-5,10-13H2,1-3H3,(H,28,33);1H. The number of carbonyl (C=O) groups is 3. The van der Waals surface area contributed by atoms with E-state index in [1.165, 1.54) is 6.07 Å². The number of hydrogen-bond donors (Lipinski definition) is 1. The number of likely N-dealkylation sites (N-methyl/N-ethyl adjacent to an activating group) is 1. The molecule has 1 heterocycles. The molecule has 0 fully saturated rings. The van der Waals surface area contributed by atoms with Gasteiger partial charge in [-0.05, 0) is 63.2 Å². The van der Waals surface area contributed by atoms with Gasteiger partial charge < -0.3 is 14.8 Å². The summed E-state index contributed by atoms with van der Waals surface area (Å²) in [4.78, 5) is 38.9. The number of carbonyl (C=O) groups excluding carboxylic acids is 3. The Morgan fingerprint density at radius 3 is 2.32 bits per heavy atom. The van der Waals surface area contributed by atoms with Crippen LogP contribution in [0.25, 0.3) is 5.69 Å². The molecular formula is C24H29ClF3N3O3. The lowest BCUT2D eigenvalue weighted by Gasteiger charge is -2.23. The van der Waals surface area contributed by atoms with Crippen LogP contribution in [0.5, 0.6) is 0 Å². The number of nitrogens with one attached hydrogen (secondary N) is 1. The van der Waals surface area contributed by atoms with E-state index in [2.05, 4.69) is 24.1 Å². The first kappa shape index (κ1) is 27.6. The summed E-state index contributed by atoms with van der Waals surface area (Å²) in [7, 11) is 0. The second-order valence-electron chi connectivity index (χ2n) is 8.13. The number of benzene rings is 1. The average Bonchev–Trinajstić information content (AvgIpc) is 3.12. The fraction of sp³-hybridized carbons (Fsp3) is 0.458. The van der Waals surface area contributed by atoms with Crippen LogP contribution in [-0.2, 0) is 11.2 Å². The van der Waals surface area contributed by atoms with Crippen LogP contribution in [-0.4, -0.2) is 59.3 Å². The summed E-state index contributed by atoms with van der Waals surface area (Å²) in [5.41, 5.74) is 2.59. The highest BCUT2D eigenvalue weighted by atomic mass is 35.5. The molecule has 0 bridgehead atoms. The lowest BCUT2D eigenvalue weighted by atomic mass is 9.83. The van der Waals surface area contributed by atoms with Gasteiger partial charge in [-0.15, -0.1) is 12.4 Å².